The van der Waals surface area contributed by atoms with Crippen LogP contribution in [0, 0.1) is 17.8 Å². The number of carbonyl (C=O) groups excluding carboxylic acids is 3. The average Bonchev–Trinajstić information content (AvgIpc) is 2.76. The van der Waals surface area contributed by atoms with E-state index in [1.165, 1.54) is 0 Å². The Kier molecular flexibility index (Phi) is 12.4. The van der Waals surface area contributed by atoms with E-state index in [-0.39, 0.29) is 46.7 Å². The number of carbonyl (C=O) groups is 3. The molecule has 1 heterocycles. The lowest BCUT2D eigenvalue weighted by molar-refractivity contribution is -0.134. The predicted molar refractivity (Wildman–Crippen MR) is 146 cm³/mol. The average molecular weight is 524 g/mol. The quantitative estimate of drug-likeness (QED) is 0.190. The highest BCUT2D eigenvalue weighted by atomic mass is 28.4. The van der Waals surface area contributed by atoms with E-state index in [1.54, 1.807) is 20.1 Å². The van der Waals surface area contributed by atoms with Crippen molar-refractivity contribution in [2.75, 3.05) is 7.11 Å². The summed E-state index contributed by atoms with van der Waals surface area (Å²) in [6.45, 7) is 20.5. The molecule has 2 amide bonds. The van der Waals surface area contributed by atoms with Crippen molar-refractivity contribution in [2.24, 2.45) is 17.8 Å². The van der Waals surface area contributed by atoms with Gasteiger partial charge in [0, 0.05) is 38.2 Å². The van der Waals surface area contributed by atoms with Gasteiger partial charge in [-0.25, -0.2) is 0 Å². The summed E-state index contributed by atoms with van der Waals surface area (Å²) < 4.78 is 12.4. The second-order valence-electron chi connectivity index (χ2n) is 11.9. The Morgan fingerprint density at radius 1 is 1.22 bits per heavy atom. The smallest absolute Gasteiger partial charge is 0.226 e. The lowest BCUT2D eigenvalue weighted by atomic mass is 9.87. The van der Waals surface area contributed by atoms with Gasteiger partial charge in [-0.3, -0.25) is 19.7 Å². The SMILES string of the molecule is C=C[C@H](OC)[C@@H](O[Si](C)(C)C(C)(C)C)[C@H](C)/C=C(/C)C(O)[C@H](C)C(=O)CCCC1CC(=O)NC(=O)C1. The first kappa shape index (κ1) is 32.4. The van der Waals surface area contributed by atoms with Crippen molar-refractivity contribution in [2.45, 2.75) is 110 Å². The molecule has 1 unspecified atom stereocenters. The Morgan fingerprint density at radius 2 is 1.78 bits per heavy atom. The van der Waals surface area contributed by atoms with Crippen molar-refractivity contribution in [1.82, 2.24) is 5.32 Å². The zero-order valence-electron chi connectivity index (χ0n) is 23.8. The van der Waals surface area contributed by atoms with Crippen LogP contribution in [0.2, 0.25) is 18.1 Å². The molecule has 0 radical (unpaired) electrons. The van der Waals surface area contributed by atoms with E-state index >= 15 is 0 Å². The molecule has 1 aliphatic heterocycles. The van der Waals surface area contributed by atoms with Gasteiger partial charge >= 0.3 is 0 Å². The Labute approximate surface area is 219 Å². The van der Waals surface area contributed by atoms with Gasteiger partial charge in [0.25, 0.3) is 0 Å². The van der Waals surface area contributed by atoms with Crippen LogP contribution in [-0.2, 0) is 23.5 Å². The highest BCUT2D eigenvalue weighted by molar-refractivity contribution is 6.74. The predicted octanol–water partition coefficient (Wildman–Crippen LogP) is 4.95. The minimum atomic E-state index is -2.10. The summed E-state index contributed by atoms with van der Waals surface area (Å²) in [5.41, 5.74) is 0.723. The third kappa shape index (κ3) is 9.36. The molecule has 0 aliphatic carbocycles. The molecule has 0 spiro atoms. The van der Waals surface area contributed by atoms with Crippen LogP contribution < -0.4 is 5.32 Å². The van der Waals surface area contributed by atoms with Crippen LogP contribution in [-0.4, -0.2) is 56.4 Å². The van der Waals surface area contributed by atoms with E-state index in [0.717, 1.165) is 5.57 Å². The number of amides is 2. The molecular weight excluding hydrogens is 474 g/mol. The molecule has 0 aromatic rings. The summed E-state index contributed by atoms with van der Waals surface area (Å²) in [5.74, 6) is -1.16. The van der Waals surface area contributed by atoms with Gasteiger partial charge in [0.1, 0.15) is 11.9 Å². The number of hydrogen-bond acceptors (Lipinski definition) is 6. The lowest BCUT2D eigenvalue weighted by Crippen LogP contribution is -2.49. The highest BCUT2D eigenvalue weighted by Crippen LogP contribution is 2.39. The first-order chi connectivity index (χ1) is 16.5. The molecule has 36 heavy (non-hydrogen) atoms. The van der Waals surface area contributed by atoms with Crippen LogP contribution in [0.1, 0.15) is 73.6 Å². The van der Waals surface area contributed by atoms with Crippen molar-refractivity contribution in [3.63, 3.8) is 0 Å². The van der Waals surface area contributed by atoms with E-state index in [9.17, 15) is 19.5 Å². The molecule has 8 heteroatoms. The zero-order chi connectivity index (χ0) is 27.8. The molecular formula is C28H49NO6Si. The van der Waals surface area contributed by atoms with Gasteiger partial charge in [-0.1, -0.05) is 46.8 Å². The number of nitrogens with one attached hydrogen (secondary N) is 1. The van der Waals surface area contributed by atoms with E-state index < -0.39 is 20.3 Å². The largest absolute Gasteiger partial charge is 0.410 e. The summed E-state index contributed by atoms with van der Waals surface area (Å²) in [4.78, 5) is 35.9. The van der Waals surface area contributed by atoms with Crippen molar-refractivity contribution < 1.29 is 28.7 Å². The summed E-state index contributed by atoms with van der Waals surface area (Å²) in [6, 6.07) is 0. The second kappa shape index (κ2) is 13.8. The monoisotopic (exact) mass is 523 g/mol. The molecule has 0 aromatic heterocycles. The summed E-state index contributed by atoms with van der Waals surface area (Å²) in [6.07, 6.45) is 4.46. The number of ether oxygens (including phenoxy) is 1. The summed E-state index contributed by atoms with van der Waals surface area (Å²) in [5, 5.41) is 13.3. The fourth-order valence-corrected chi connectivity index (χ4v) is 5.77. The molecule has 2 N–H and O–H groups in total. The van der Waals surface area contributed by atoms with Crippen LogP contribution in [0.3, 0.4) is 0 Å². The van der Waals surface area contributed by atoms with Gasteiger partial charge in [-0.15, -0.1) is 6.58 Å². The number of aliphatic hydroxyl groups is 1. The van der Waals surface area contributed by atoms with Crippen molar-refractivity contribution in [1.29, 1.82) is 0 Å². The van der Waals surface area contributed by atoms with Crippen LogP contribution in [0.5, 0.6) is 0 Å². The standard InChI is InChI=1S/C28H49NO6Si/c1-11-23(34-8)27(35-36(9,10)28(5,6)7)19(3)15-18(2)26(33)20(4)22(30)14-12-13-21-16-24(31)29-25(32)17-21/h11,15,19-21,23,26-27,33H,1,12-14,16-17H2,2-10H3,(H,29,31,32)/b18-15-/t19-,20-,23+,26?,27+/m1/s1. The summed E-state index contributed by atoms with van der Waals surface area (Å²) in [7, 11) is -0.460. The molecule has 5 atom stereocenters. The van der Waals surface area contributed by atoms with Crippen molar-refractivity contribution in [3.8, 4) is 0 Å². The first-order valence-corrected chi connectivity index (χ1v) is 16.0. The van der Waals surface area contributed by atoms with Crippen LogP contribution in [0.25, 0.3) is 0 Å². The maximum Gasteiger partial charge on any atom is 0.226 e. The Morgan fingerprint density at radius 3 is 2.25 bits per heavy atom. The number of hydrogen-bond donors (Lipinski definition) is 2. The third-order valence-electron chi connectivity index (χ3n) is 7.82. The summed E-state index contributed by atoms with van der Waals surface area (Å²) >= 11 is 0. The maximum absolute atomic E-state index is 12.8. The van der Waals surface area contributed by atoms with Gasteiger partial charge in [-0.05, 0) is 49.4 Å². The topological polar surface area (TPSA) is 102 Å². The molecule has 1 aliphatic rings. The second-order valence-corrected chi connectivity index (χ2v) is 16.6. The van der Waals surface area contributed by atoms with Gasteiger partial charge in [0.15, 0.2) is 8.32 Å². The molecule has 206 valence electrons. The highest BCUT2D eigenvalue weighted by Gasteiger charge is 2.41. The van der Waals surface area contributed by atoms with Crippen LogP contribution in [0.15, 0.2) is 24.3 Å². The Hall–Kier alpha value is -1.61. The molecule has 1 rings (SSSR count). The maximum atomic E-state index is 12.8. The van der Waals surface area contributed by atoms with E-state index in [0.29, 0.717) is 32.1 Å². The zero-order valence-corrected chi connectivity index (χ0v) is 24.8. The van der Waals surface area contributed by atoms with Crippen LogP contribution in [0.4, 0.5) is 0 Å². The third-order valence-corrected chi connectivity index (χ3v) is 12.3. The Balaban J connectivity index is 2.84. The van der Waals surface area contributed by atoms with Crippen molar-refractivity contribution in [3.05, 3.63) is 24.3 Å². The number of imide groups is 1. The van der Waals surface area contributed by atoms with E-state index in [1.807, 2.05) is 19.9 Å². The number of methoxy groups -OCH3 is 1. The van der Waals surface area contributed by atoms with Gasteiger partial charge in [0.05, 0.1) is 12.2 Å². The number of piperidine rings is 1. The number of Topliss-reactive ketones (excluding diaryl/α,β-unsaturated/α-hetero) is 1. The van der Waals surface area contributed by atoms with Gasteiger partial charge in [-0.2, -0.15) is 0 Å². The van der Waals surface area contributed by atoms with Crippen molar-refractivity contribution >= 4 is 25.9 Å². The minimum absolute atomic E-state index is 0.0156. The number of ketones is 1. The fraction of sp³-hybridized carbons (Fsp3) is 0.750. The first-order valence-electron chi connectivity index (χ1n) is 13.1. The number of aliphatic hydroxyl groups excluding tert-OH is 1. The lowest BCUT2D eigenvalue weighted by Gasteiger charge is -2.42. The van der Waals surface area contributed by atoms with Gasteiger partial charge < -0.3 is 14.3 Å². The molecule has 1 saturated heterocycles. The van der Waals surface area contributed by atoms with Crippen LogP contribution >= 0.6 is 0 Å². The molecule has 0 aromatic carbocycles. The number of rotatable bonds is 14. The van der Waals surface area contributed by atoms with Gasteiger partial charge in [0.2, 0.25) is 11.8 Å². The molecule has 0 saturated carbocycles. The molecule has 0 bridgehead atoms. The molecule has 1 fully saturated rings. The normalized spacial score (nSPS) is 20.3. The fourth-order valence-electron chi connectivity index (χ4n) is 4.38. The minimum Gasteiger partial charge on any atom is -0.410 e. The van der Waals surface area contributed by atoms with E-state index in [4.69, 9.17) is 9.16 Å². The van der Waals surface area contributed by atoms with E-state index in [2.05, 4.69) is 45.8 Å². The molecule has 7 nitrogen and oxygen atoms in total. The Bertz CT molecular complexity index is 799.